The van der Waals surface area contributed by atoms with Gasteiger partial charge in [0.25, 0.3) is 0 Å². The van der Waals surface area contributed by atoms with Crippen molar-refractivity contribution in [3.8, 4) is 12.1 Å². The van der Waals surface area contributed by atoms with Crippen LogP contribution >= 0.6 is 0 Å². The largest absolute Gasteiger partial charge is 0.383 e. The second kappa shape index (κ2) is 2.75. The van der Waals surface area contributed by atoms with E-state index in [1.54, 1.807) is 6.07 Å². The lowest BCUT2D eigenvalue weighted by Gasteiger charge is -1.99. The Morgan fingerprint density at radius 1 is 1.29 bits per heavy atom. The van der Waals surface area contributed by atoms with Gasteiger partial charge in [-0.15, -0.1) is 0 Å². The Bertz CT molecular complexity index is 581. The number of fused-ring (bicyclic) bond motifs is 1. The van der Waals surface area contributed by atoms with Crippen LogP contribution in [-0.4, -0.2) is 9.38 Å². The molecule has 0 aliphatic carbocycles. The zero-order chi connectivity index (χ0) is 10.1. The molecule has 0 saturated heterocycles. The number of nitrogens with zero attached hydrogens (tertiary/aromatic N) is 4. The number of imidazole rings is 1. The molecule has 0 fully saturated rings. The number of anilines is 1. The summed E-state index contributed by atoms with van der Waals surface area (Å²) in [4.78, 5) is 3.97. The van der Waals surface area contributed by atoms with Crippen LogP contribution in [0.4, 0.5) is 5.82 Å². The smallest absolute Gasteiger partial charge is 0.140 e. The Kier molecular flexibility index (Phi) is 1.59. The summed E-state index contributed by atoms with van der Waals surface area (Å²) in [7, 11) is 0. The van der Waals surface area contributed by atoms with Gasteiger partial charge in [-0.25, -0.2) is 4.98 Å². The molecule has 0 spiro atoms. The molecule has 0 atom stereocenters. The van der Waals surface area contributed by atoms with Crippen molar-refractivity contribution in [2.24, 2.45) is 0 Å². The summed E-state index contributed by atoms with van der Waals surface area (Å²) >= 11 is 0. The second-order valence-corrected chi connectivity index (χ2v) is 2.73. The fourth-order valence-electron chi connectivity index (χ4n) is 1.28. The molecule has 14 heavy (non-hydrogen) atoms. The molecule has 0 amide bonds. The van der Waals surface area contributed by atoms with Gasteiger partial charge in [0.1, 0.15) is 23.2 Å². The van der Waals surface area contributed by atoms with Gasteiger partial charge in [-0.3, -0.25) is 4.40 Å². The van der Waals surface area contributed by atoms with E-state index in [2.05, 4.69) is 4.98 Å². The van der Waals surface area contributed by atoms with E-state index in [9.17, 15) is 0 Å². The third-order valence-electron chi connectivity index (χ3n) is 1.88. The molecule has 0 bridgehead atoms. The summed E-state index contributed by atoms with van der Waals surface area (Å²) in [5.74, 6) is 0.390. The number of rotatable bonds is 0. The normalized spacial score (nSPS) is 9.57. The van der Waals surface area contributed by atoms with E-state index in [1.807, 2.05) is 12.1 Å². The molecule has 0 aliphatic heterocycles. The Labute approximate surface area is 79.6 Å². The molecular formula is C9H5N5. The van der Waals surface area contributed by atoms with Gasteiger partial charge in [-0.1, -0.05) is 0 Å². The zero-order valence-corrected chi connectivity index (χ0v) is 7.10. The first-order chi connectivity index (χ1) is 6.76. The summed E-state index contributed by atoms with van der Waals surface area (Å²) in [5.41, 5.74) is 6.84. The van der Waals surface area contributed by atoms with Gasteiger partial charge in [0.15, 0.2) is 0 Å². The summed E-state index contributed by atoms with van der Waals surface area (Å²) < 4.78 is 1.50. The maximum Gasteiger partial charge on any atom is 0.140 e. The van der Waals surface area contributed by atoms with Crippen LogP contribution < -0.4 is 5.73 Å². The van der Waals surface area contributed by atoms with Crippen LogP contribution in [0.1, 0.15) is 11.3 Å². The van der Waals surface area contributed by atoms with Gasteiger partial charge in [-0.2, -0.15) is 10.5 Å². The number of aromatic nitrogens is 2. The molecule has 2 heterocycles. The first-order valence-corrected chi connectivity index (χ1v) is 3.83. The molecule has 5 nitrogen and oxygen atoms in total. The van der Waals surface area contributed by atoms with Gasteiger partial charge in [-0.05, 0) is 12.1 Å². The number of hydrogen-bond donors (Lipinski definition) is 1. The summed E-state index contributed by atoms with van der Waals surface area (Å²) in [5, 5.41) is 17.5. The van der Waals surface area contributed by atoms with Crippen LogP contribution in [0.5, 0.6) is 0 Å². The second-order valence-electron chi connectivity index (χ2n) is 2.73. The highest BCUT2D eigenvalue weighted by atomic mass is 15.1. The van der Waals surface area contributed by atoms with E-state index in [0.29, 0.717) is 22.7 Å². The fourth-order valence-corrected chi connectivity index (χ4v) is 1.28. The van der Waals surface area contributed by atoms with Crippen LogP contribution in [-0.2, 0) is 0 Å². The summed E-state index contributed by atoms with van der Waals surface area (Å²) in [6.45, 7) is 0. The number of nitriles is 2. The van der Waals surface area contributed by atoms with Crippen LogP contribution in [0.2, 0.25) is 0 Å². The number of nitrogens with two attached hydrogens (primary N) is 1. The number of hydrogen-bond acceptors (Lipinski definition) is 4. The van der Waals surface area contributed by atoms with E-state index in [1.165, 1.54) is 16.7 Å². The molecule has 2 aromatic rings. The zero-order valence-electron chi connectivity index (χ0n) is 7.10. The van der Waals surface area contributed by atoms with Gasteiger partial charge in [0.2, 0.25) is 0 Å². The fraction of sp³-hybridized carbons (Fsp3) is 0. The molecule has 5 heteroatoms. The van der Waals surface area contributed by atoms with E-state index < -0.39 is 0 Å². The summed E-state index contributed by atoms with van der Waals surface area (Å²) in [6, 6.07) is 6.98. The minimum atomic E-state index is 0.314. The van der Waals surface area contributed by atoms with Crippen LogP contribution in [0.25, 0.3) is 5.65 Å². The quantitative estimate of drug-likeness (QED) is 0.649. The number of nitrogen functional groups attached to an aromatic ring is 1. The molecule has 66 valence electrons. The van der Waals surface area contributed by atoms with Crippen LogP contribution in [0, 0.1) is 22.7 Å². The highest BCUT2D eigenvalue weighted by molar-refractivity contribution is 5.56. The molecule has 0 radical (unpaired) electrons. The Balaban J connectivity index is 2.93. The van der Waals surface area contributed by atoms with Crippen molar-refractivity contribution in [2.75, 3.05) is 5.73 Å². The molecule has 2 N–H and O–H groups in total. The molecule has 0 aromatic carbocycles. The van der Waals surface area contributed by atoms with Gasteiger partial charge >= 0.3 is 0 Å². The monoisotopic (exact) mass is 183 g/mol. The van der Waals surface area contributed by atoms with Crippen molar-refractivity contribution < 1.29 is 0 Å². The standard InChI is InChI=1S/C9H5N5/c10-3-6-1-7(4-11)14-8(12)5-13-9(14)2-6/h1-2,5H,12H2. The van der Waals surface area contributed by atoms with Crippen molar-refractivity contribution in [3.05, 3.63) is 29.6 Å². The molecule has 0 saturated carbocycles. The van der Waals surface area contributed by atoms with Crippen molar-refractivity contribution in [3.63, 3.8) is 0 Å². The van der Waals surface area contributed by atoms with E-state index >= 15 is 0 Å². The first-order valence-electron chi connectivity index (χ1n) is 3.83. The minimum absolute atomic E-state index is 0.314. The van der Waals surface area contributed by atoms with Crippen molar-refractivity contribution >= 4 is 11.5 Å². The van der Waals surface area contributed by atoms with Gasteiger partial charge in [0.05, 0.1) is 17.8 Å². The highest BCUT2D eigenvalue weighted by Gasteiger charge is 2.06. The third-order valence-corrected chi connectivity index (χ3v) is 1.88. The van der Waals surface area contributed by atoms with Crippen LogP contribution in [0.15, 0.2) is 18.3 Å². The average molecular weight is 183 g/mol. The van der Waals surface area contributed by atoms with E-state index in [0.717, 1.165) is 0 Å². The van der Waals surface area contributed by atoms with Crippen molar-refractivity contribution in [2.45, 2.75) is 0 Å². The Morgan fingerprint density at radius 3 is 2.71 bits per heavy atom. The maximum absolute atomic E-state index is 8.83. The lowest BCUT2D eigenvalue weighted by Crippen LogP contribution is -1.98. The predicted molar refractivity (Wildman–Crippen MR) is 49.0 cm³/mol. The molecule has 0 unspecified atom stereocenters. The lowest BCUT2D eigenvalue weighted by atomic mass is 10.2. The predicted octanol–water partition coefficient (Wildman–Crippen LogP) is 0.660. The van der Waals surface area contributed by atoms with Gasteiger partial charge < -0.3 is 5.73 Å². The van der Waals surface area contributed by atoms with E-state index in [-0.39, 0.29) is 0 Å². The third kappa shape index (κ3) is 0.970. The summed E-state index contributed by atoms with van der Waals surface area (Å²) in [6.07, 6.45) is 1.46. The lowest BCUT2D eigenvalue weighted by molar-refractivity contribution is 1.15. The molecular weight excluding hydrogens is 178 g/mol. The number of pyridine rings is 1. The Morgan fingerprint density at radius 2 is 2.07 bits per heavy atom. The van der Waals surface area contributed by atoms with E-state index in [4.69, 9.17) is 16.3 Å². The van der Waals surface area contributed by atoms with Gasteiger partial charge in [0, 0.05) is 0 Å². The maximum atomic E-state index is 8.83. The van der Waals surface area contributed by atoms with Crippen molar-refractivity contribution in [1.29, 1.82) is 10.5 Å². The molecule has 2 aromatic heterocycles. The first kappa shape index (κ1) is 8.09. The molecule has 2 rings (SSSR count). The average Bonchev–Trinajstić information content (AvgIpc) is 2.59. The Hall–Kier alpha value is -2.53. The highest BCUT2D eigenvalue weighted by Crippen LogP contribution is 2.14. The molecule has 0 aliphatic rings. The van der Waals surface area contributed by atoms with Crippen LogP contribution in [0.3, 0.4) is 0 Å². The SMILES string of the molecule is N#Cc1cc(C#N)n2c(N)cnc2c1. The topological polar surface area (TPSA) is 90.9 Å². The van der Waals surface area contributed by atoms with Crippen molar-refractivity contribution in [1.82, 2.24) is 9.38 Å². The minimum Gasteiger partial charge on any atom is -0.383 e.